The summed E-state index contributed by atoms with van der Waals surface area (Å²) in [6, 6.07) is 4.14. The van der Waals surface area contributed by atoms with Crippen molar-refractivity contribution in [2.24, 2.45) is 0 Å². The second kappa shape index (κ2) is 8.35. The number of nitrogens with zero attached hydrogens (tertiary/aromatic N) is 3. The quantitative estimate of drug-likeness (QED) is 0.808. The van der Waals surface area contributed by atoms with Crippen LogP contribution in [-0.2, 0) is 4.79 Å². The number of piperazine rings is 1. The lowest BCUT2D eigenvalue weighted by atomic mass is 10.0. The molecule has 7 heteroatoms. The van der Waals surface area contributed by atoms with Crippen molar-refractivity contribution < 1.29 is 14.0 Å². The molecule has 0 spiro atoms. The van der Waals surface area contributed by atoms with Crippen LogP contribution in [0.3, 0.4) is 0 Å². The maximum atomic E-state index is 13.2. The van der Waals surface area contributed by atoms with Crippen LogP contribution in [0.15, 0.2) is 18.2 Å². The summed E-state index contributed by atoms with van der Waals surface area (Å²) in [4.78, 5) is 30.9. The molecule has 2 aliphatic rings. The topological polar surface area (TPSA) is 43.9 Å². The Bertz CT molecular complexity index is 677. The van der Waals surface area contributed by atoms with Crippen LogP contribution in [0.25, 0.3) is 0 Å². The summed E-state index contributed by atoms with van der Waals surface area (Å²) in [6.07, 6.45) is 3.35. The number of hydrogen-bond acceptors (Lipinski definition) is 3. The minimum absolute atomic E-state index is 0.131. The summed E-state index contributed by atoms with van der Waals surface area (Å²) in [6.45, 7) is 5.74. The third-order valence-electron chi connectivity index (χ3n) is 5.30. The standard InChI is InChI=1S/C19H25ClFN3O2/c1-14-4-2-3-7-24(14)18(25)13-22-8-10-23(11-9-22)19(26)16-6-5-15(21)12-17(16)20/h5-6,12,14H,2-4,7-11,13H2,1H3. The first-order valence-corrected chi connectivity index (χ1v) is 9.59. The van der Waals surface area contributed by atoms with Gasteiger partial charge in [0.1, 0.15) is 5.82 Å². The molecule has 5 nitrogen and oxygen atoms in total. The largest absolute Gasteiger partial charge is 0.339 e. The fourth-order valence-corrected chi connectivity index (χ4v) is 3.94. The van der Waals surface area contributed by atoms with Gasteiger partial charge in [-0.2, -0.15) is 0 Å². The van der Waals surface area contributed by atoms with Gasteiger partial charge in [0.05, 0.1) is 17.1 Å². The fraction of sp³-hybridized carbons (Fsp3) is 0.579. The van der Waals surface area contributed by atoms with Crippen LogP contribution in [0.4, 0.5) is 4.39 Å². The number of likely N-dealkylation sites (tertiary alicyclic amines) is 1. The fourth-order valence-electron chi connectivity index (χ4n) is 3.69. The predicted molar refractivity (Wildman–Crippen MR) is 98.8 cm³/mol. The van der Waals surface area contributed by atoms with Gasteiger partial charge in [0, 0.05) is 38.8 Å². The Labute approximate surface area is 158 Å². The molecule has 0 radical (unpaired) electrons. The molecule has 1 atom stereocenters. The summed E-state index contributed by atoms with van der Waals surface area (Å²) in [5.74, 6) is -0.467. The van der Waals surface area contributed by atoms with Crippen LogP contribution < -0.4 is 0 Å². The number of hydrogen-bond donors (Lipinski definition) is 0. The zero-order chi connectivity index (χ0) is 18.7. The molecule has 0 bridgehead atoms. The average molecular weight is 382 g/mol. The van der Waals surface area contributed by atoms with E-state index in [1.54, 1.807) is 4.90 Å². The van der Waals surface area contributed by atoms with Gasteiger partial charge in [-0.1, -0.05) is 11.6 Å². The smallest absolute Gasteiger partial charge is 0.255 e. The van der Waals surface area contributed by atoms with E-state index in [1.807, 2.05) is 4.90 Å². The zero-order valence-corrected chi connectivity index (χ0v) is 15.8. The van der Waals surface area contributed by atoms with Gasteiger partial charge in [-0.15, -0.1) is 0 Å². The SMILES string of the molecule is CC1CCCCN1C(=O)CN1CCN(C(=O)c2ccc(F)cc2Cl)CC1. The molecule has 0 N–H and O–H groups in total. The number of halogens is 2. The molecule has 26 heavy (non-hydrogen) atoms. The van der Waals surface area contributed by atoms with E-state index in [0.29, 0.717) is 44.3 Å². The summed E-state index contributed by atoms with van der Waals surface area (Å²) < 4.78 is 13.2. The summed E-state index contributed by atoms with van der Waals surface area (Å²) in [7, 11) is 0. The molecule has 142 valence electrons. The monoisotopic (exact) mass is 381 g/mol. The van der Waals surface area contributed by atoms with E-state index in [0.717, 1.165) is 25.5 Å². The molecular formula is C19H25ClFN3O2. The first-order valence-electron chi connectivity index (χ1n) is 9.22. The second-order valence-electron chi connectivity index (χ2n) is 7.12. The van der Waals surface area contributed by atoms with E-state index in [-0.39, 0.29) is 16.8 Å². The molecule has 0 saturated carbocycles. The Hall–Kier alpha value is -1.66. The minimum atomic E-state index is -0.457. The van der Waals surface area contributed by atoms with Gasteiger partial charge < -0.3 is 9.80 Å². The van der Waals surface area contributed by atoms with E-state index >= 15 is 0 Å². The molecule has 3 rings (SSSR count). The van der Waals surface area contributed by atoms with E-state index in [1.165, 1.54) is 18.6 Å². The lowest BCUT2D eigenvalue weighted by Gasteiger charge is -2.38. The third-order valence-corrected chi connectivity index (χ3v) is 5.62. The molecule has 2 aliphatic heterocycles. The molecule has 1 unspecified atom stereocenters. The Morgan fingerprint density at radius 2 is 1.88 bits per heavy atom. The van der Waals surface area contributed by atoms with Crippen LogP contribution in [0.5, 0.6) is 0 Å². The normalized spacial score (nSPS) is 21.7. The van der Waals surface area contributed by atoms with E-state index in [4.69, 9.17) is 11.6 Å². The molecule has 2 amide bonds. The Kier molecular flexibility index (Phi) is 6.14. The van der Waals surface area contributed by atoms with Crippen molar-refractivity contribution in [1.29, 1.82) is 0 Å². The van der Waals surface area contributed by atoms with Crippen molar-refractivity contribution in [2.75, 3.05) is 39.3 Å². The van der Waals surface area contributed by atoms with Crippen LogP contribution in [0.2, 0.25) is 5.02 Å². The van der Waals surface area contributed by atoms with Gasteiger partial charge in [-0.3, -0.25) is 14.5 Å². The third kappa shape index (κ3) is 4.35. The highest BCUT2D eigenvalue weighted by atomic mass is 35.5. The van der Waals surface area contributed by atoms with E-state index in [9.17, 15) is 14.0 Å². The summed E-state index contributed by atoms with van der Waals surface area (Å²) >= 11 is 5.99. The van der Waals surface area contributed by atoms with Crippen LogP contribution in [0, 0.1) is 5.82 Å². The minimum Gasteiger partial charge on any atom is -0.339 e. The zero-order valence-electron chi connectivity index (χ0n) is 15.1. The number of benzene rings is 1. The molecule has 1 aromatic rings. The summed E-state index contributed by atoms with van der Waals surface area (Å²) in [5, 5.41) is 0.131. The van der Waals surface area contributed by atoms with Gasteiger partial charge in [-0.25, -0.2) is 4.39 Å². The summed E-state index contributed by atoms with van der Waals surface area (Å²) in [5.41, 5.74) is 0.319. The van der Waals surface area contributed by atoms with Gasteiger partial charge in [0.15, 0.2) is 0 Å². The van der Waals surface area contributed by atoms with Gasteiger partial charge in [0.2, 0.25) is 5.91 Å². The molecule has 0 aromatic heterocycles. The number of carbonyl (C=O) groups excluding carboxylic acids is 2. The van der Waals surface area contributed by atoms with Crippen molar-refractivity contribution in [3.8, 4) is 0 Å². The first kappa shape index (κ1) is 19.1. The van der Waals surface area contributed by atoms with Crippen molar-refractivity contribution in [1.82, 2.24) is 14.7 Å². The van der Waals surface area contributed by atoms with E-state index < -0.39 is 5.82 Å². The van der Waals surface area contributed by atoms with Crippen LogP contribution in [0.1, 0.15) is 36.5 Å². The number of carbonyl (C=O) groups is 2. The van der Waals surface area contributed by atoms with Gasteiger partial charge in [0.25, 0.3) is 5.91 Å². The van der Waals surface area contributed by atoms with Crippen LogP contribution >= 0.6 is 11.6 Å². The van der Waals surface area contributed by atoms with Crippen molar-refractivity contribution >= 4 is 23.4 Å². The molecule has 2 heterocycles. The predicted octanol–water partition coefficient (Wildman–Crippen LogP) is 2.64. The molecular weight excluding hydrogens is 357 g/mol. The number of rotatable bonds is 3. The van der Waals surface area contributed by atoms with Crippen molar-refractivity contribution in [3.63, 3.8) is 0 Å². The molecule has 1 aromatic carbocycles. The maximum absolute atomic E-state index is 13.2. The Balaban J connectivity index is 1.52. The average Bonchev–Trinajstić information content (AvgIpc) is 2.62. The maximum Gasteiger partial charge on any atom is 0.255 e. The molecule has 2 fully saturated rings. The van der Waals surface area contributed by atoms with Gasteiger partial charge in [-0.05, 0) is 44.4 Å². The van der Waals surface area contributed by atoms with E-state index in [2.05, 4.69) is 11.8 Å². The Morgan fingerprint density at radius 1 is 1.15 bits per heavy atom. The molecule has 0 aliphatic carbocycles. The van der Waals surface area contributed by atoms with Crippen molar-refractivity contribution in [2.45, 2.75) is 32.2 Å². The lowest BCUT2D eigenvalue weighted by molar-refractivity contribution is -0.136. The number of piperidine rings is 1. The highest BCUT2D eigenvalue weighted by molar-refractivity contribution is 6.33. The molecule has 2 saturated heterocycles. The number of amides is 2. The first-order chi connectivity index (χ1) is 12.5. The second-order valence-corrected chi connectivity index (χ2v) is 7.53. The highest BCUT2D eigenvalue weighted by Gasteiger charge is 2.28. The van der Waals surface area contributed by atoms with Gasteiger partial charge >= 0.3 is 0 Å². The van der Waals surface area contributed by atoms with Crippen molar-refractivity contribution in [3.05, 3.63) is 34.6 Å². The lowest BCUT2D eigenvalue weighted by Crippen LogP contribution is -2.53. The van der Waals surface area contributed by atoms with Crippen LogP contribution in [-0.4, -0.2) is 71.8 Å². The highest BCUT2D eigenvalue weighted by Crippen LogP contribution is 2.20. The Morgan fingerprint density at radius 3 is 2.54 bits per heavy atom.